The maximum atomic E-state index is 14.0. The standard InChI is InChI=1S/C26H27Cl2N3O3S/c1-15-8-13-20(16(2)14-15)31(26(33)22-21(27)24(28)35-30-22)23(17-9-11-19(34-3)12-10-17)25(32)29-18-6-4-5-7-18/h8-14,18,23H,4-7H2,1-3H3,(H,29,32)/t23-/m0/s1. The average Bonchev–Trinajstić information content (AvgIpc) is 3.47. The molecular weight excluding hydrogens is 505 g/mol. The van der Waals surface area contributed by atoms with Gasteiger partial charge in [-0.3, -0.25) is 14.5 Å². The third-order valence-electron chi connectivity index (χ3n) is 6.27. The number of carbonyl (C=O) groups is 2. The summed E-state index contributed by atoms with van der Waals surface area (Å²) in [7, 11) is 1.58. The summed E-state index contributed by atoms with van der Waals surface area (Å²) in [6.07, 6.45) is 3.99. The van der Waals surface area contributed by atoms with Crippen molar-refractivity contribution in [1.29, 1.82) is 0 Å². The molecule has 0 radical (unpaired) electrons. The molecule has 1 N–H and O–H groups in total. The van der Waals surface area contributed by atoms with Gasteiger partial charge < -0.3 is 10.1 Å². The van der Waals surface area contributed by atoms with Gasteiger partial charge in [-0.05, 0) is 67.5 Å². The van der Waals surface area contributed by atoms with Crippen LogP contribution in [0, 0.1) is 13.8 Å². The zero-order chi connectivity index (χ0) is 25.1. The molecule has 1 saturated carbocycles. The topological polar surface area (TPSA) is 71.5 Å². The van der Waals surface area contributed by atoms with E-state index in [-0.39, 0.29) is 27.0 Å². The summed E-state index contributed by atoms with van der Waals surface area (Å²) in [6, 6.07) is 12.0. The molecule has 0 aliphatic heterocycles. The van der Waals surface area contributed by atoms with Crippen LogP contribution in [0.15, 0.2) is 42.5 Å². The van der Waals surface area contributed by atoms with Gasteiger partial charge in [0.05, 0.1) is 7.11 Å². The number of nitrogens with one attached hydrogen (secondary N) is 1. The highest BCUT2D eigenvalue weighted by Gasteiger charge is 2.37. The number of nitrogens with zero attached hydrogens (tertiary/aromatic N) is 2. The van der Waals surface area contributed by atoms with Gasteiger partial charge in [0, 0.05) is 11.7 Å². The number of carbonyl (C=O) groups excluding carboxylic acids is 2. The number of halogens is 2. The van der Waals surface area contributed by atoms with Crippen molar-refractivity contribution in [2.24, 2.45) is 0 Å². The molecule has 0 bridgehead atoms. The van der Waals surface area contributed by atoms with Gasteiger partial charge in [-0.2, -0.15) is 4.37 Å². The minimum atomic E-state index is -0.952. The second-order valence-corrected chi connectivity index (χ2v) is 10.5. The van der Waals surface area contributed by atoms with Gasteiger partial charge in [0.2, 0.25) is 5.91 Å². The molecule has 35 heavy (non-hydrogen) atoms. The Bertz CT molecular complexity index is 1220. The number of hydrogen-bond donors (Lipinski definition) is 1. The summed E-state index contributed by atoms with van der Waals surface area (Å²) in [6.45, 7) is 3.89. The predicted molar refractivity (Wildman–Crippen MR) is 141 cm³/mol. The summed E-state index contributed by atoms with van der Waals surface area (Å²) in [5.74, 6) is -0.0947. The predicted octanol–water partition coefficient (Wildman–Crippen LogP) is 6.52. The summed E-state index contributed by atoms with van der Waals surface area (Å²) < 4.78 is 9.75. The van der Waals surface area contributed by atoms with Crippen LogP contribution in [0.1, 0.15) is 58.9 Å². The molecule has 1 aliphatic rings. The fraction of sp³-hybridized carbons (Fsp3) is 0.346. The van der Waals surface area contributed by atoms with Gasteiger partial charge in [-0.1, -0.05) is 65.9 Å². The lowest BCUT2D eigenvalue weighted by molar-refractivity contribution is -0.123. The van der Waals surface area contributed by atoms with Crippen molar-refractivity contribution < 1.29 is 14.3 Å². The van der Waals surface area contributed by atoms with Crippen molar-refractivity contribution in [2.75, 3.05) is 12.0 Å². The van der Waals surface area contributed by atoms with Crippen molar-refractivity contribution >= 4 is 52.2 Å². The summed E-state index contributed by atoms with van der Waals surface area (Å²) >= 11 is 13.4. The molecule has 9 heteroatoms. The van der Waals surface area contributed by atoms with E-state index in [0.29, 0.717) is 17.0 Å². The SMILES string of the molecule is COc1ccc([C@@H](C(=O)NC2CCCC2)N(C(=O)c2nsc(Cl)c2Cl)c2ccc(C)cc2C)cc1. The van der Waals surface area contributed by atoms with Crippen LogP contribution in [-0.2, 0) is 4.79 Å². The maximum Gasteiger partial charge on any atom is 0.280 e. The smallest absolute Gasteiger partial charge is 0.280 e. The Hall–Kier alpha value is -2.61. The average molecular weight is 532 g/mol. The molecule has 1 aliphatic carbocycles. The number of aromatic nitrogens is 1. The van der Waals surface area contributed by atoms with E-state index in [1.54, 1.807) is 31.4 Å². The highest BCUT2D eigenvalue weighted by atomic mass is 35.5. The molecule has 0 spiro atoms. The van der Waals surface area contributed by atoms with Crippen LogP contribution >= 0.6 is 34.7 Å². The van der Waals surface area contributed by atoms with Crippen LogP contribution in [0.25, 0.3) is 0 Å². The fourth-order valence-electron chi connectivity index (χ4n) is 4.50. The Morgan fingerprint density at radius 3 is 2.37 bits per heavy atom. The van der Waals surface area contributed by atoms with Crippen LogP contribution in [-0.4, -0.2) is 29.3 Å². The normalized spacial score (nSPS) is 14.5. The Morgan fingerprint density at radius 1 is 1.11 bits per heavy atom. The first kappa shape index (κ1) is 25.5. The van der Waals surface area contributed by atoms with Crippen molar-refractivity contribution in [3.63, 3.8) is 0 Å². The van der Waals surface area contributed by atoms with E-state index in [2.05, 4.69) is 9.69 Å². The van der Waals surface area contributed by atoms with Gasteiger partial charge in [-0.25, -0.2) is 0 Å². The molecule has 1 atom stereocenters. The zero-order valence-corrected chi connectivity index (χ0v) is 22.1. The van der Waals surface area contributed by atoms with E-state index in [4.69, 9.17) is 27.9 Å². The lowest BCUT2D eigenvalue weighted by Crippen LogP contribution is -2.46. The minimum absolute atomic E-state index is 0.0221. The number of aryl methyl sites for hydroxylation is 2. The van der Waals surface area contributed by atoms with Gasteiger partial charge in [0.15, 0.2) is 5.69 Å². The Labute approximate surface area is 219 Å². The van der Waals surface area contributed by atoms with Crippen molar-refractivity contribution in [1.82, 2.24) is 9.69 Å². The highest BCUT2D eigenvalue weighted by Crippen LogP contribution is 2.37. The third-order valence-corrected chi connectivity index (χ3v) is 7.88. The van der Waals surface area contributed by atoms with Crippen LogP contribution in [0.2, 0.25) is 9.36 Å². The molecule has 0 unspecified atom stereocenters. The Morgan fingerprint density at radius 2 is 1.80 bits per heavy atom. The van der Waals surface area contributed by atoms with Gasteiger partial charge >= 0.3 is 0 Å². The first-order valence-electron chi connectivity index (χ1n) is 11.5. The van der Waals surface area contributed by atoms with Crippen molar-refractivity contribution in [2.45, 2.75) is 51.6 Å². The zero-order valence-electron chi connectivity index (χ0n) is 19.8. The number of hydrogen-bond acceptors (Lipinski definition) is 5. The third kappa shape index (κ3) is 5.47. The first-order chi connectivity index (χ1) is 16.8. The van der Waals surface area contributed by atoms with E-state index in [0.717, 1.165) is 48.3 Å². The molecule has 1 fully saturated rings. The van der Waals surface area contributed by atoms with Gasteiger partial charge in [-0.15, -0.1) is 0 Å². The van der Waals surface area contributed by atoms with E-state index in [1.165, 1.54) is 4.90 Å². The quantitative estimate of drug-likeness (QED) is 0.376. The van der Waals surface area contributed by atoms with E-state index >= 15 is 0 Å². The molecule has 0 saturated heterocycles. The number of anilines is 1. The second kappa shape index (κ2) is 11.0. The molecule has 4 rings (SSSR count). The highest BCUT2D eigenvalue weighted by molar-refractivity contribution is 7.11. The largest absolute Gasteiger partial charge is 0.497 e. The summed E-state index contributed by atoms with van der Waals surface area (Å²) in [5.41, 5.74) is 3.16. The van der Waals surface area contributed by atoms with E-state index in [1.807, 2.05) is 32.0 Å². The van der Waals surface area contributed by atoms with Crippen LogP contribution < -0.4 is 15.0 Å². The number of methoxy groups -OCH3 is 1. The number of benzene rings is 2. The molecular formula is C26H27Cl2N3O3S. The minimum Gasteiger partial charge on any atom is -0.497 e. The lowest BCUT2D eigenvalue weighted by Gasteiger charge is -2.33. The molecule has 184 valence electrons. The molecule has 6 nitrogen and oxygen atoms in total. The molecule has 2 aromatic carbocycles. The monoisotopic (exact) mass is 531 g/mol. The molecule has 3 aromatic rings. The van der Waals surface area contributed by atoms with Gasteiger partial charge in [0.1, 0.15) is 21.2 Å². The second-order valence-electron chi connectivity index (χ2n) is 8.75. The maximum absolute atomic E-state index is 14.0. The van der Waals surface area contributed by atoms with Crippen LogP contribution in [0.4, 0.5) is 5.69 Å². The number of amides is 2. The summed E-state index contributed by atoms with van der Waals surface area (Å²) in [4.78, 5) is 29.4. The van der Waals surface area contributed by atoms with Crippen LogP contribution in [0.5, 0.6) is 5.75 Å². The van der Waals surface area contributed by atoms with Crippen molar-refractivity contribution in [3.8, 4) is 5.75 Å². The van der Waals surface area contributed by atoms with E-state index < -0.39 is 11.9 Å². The van der Waals surface area contributed by atoms with Crippen LogP contribution in [0.3, 0.4) is 0 Å². The van der Waals surface area contributed by atoms with Crippen molar-refractivity contribution in [3.05, 3.63) is 74.2 Å². The molecule has 1 aromatic heterocycles. The fourth-order valence-corrected chi connectivity index (χ4v) is 5.49. The number of rotatable bonds is 7. The number of ether oxygens (including phenoxy) is 1. The first-order valence-corrected chi connectivity index (χ1v) is 13.0. The summed E-state index contributed by atoms with van der Waals surface area (Å²) in [5, 5.41) is 3.26. The molecule has 1 heterocycles. The van der Waals surface area contributed by atoms with E-state index in [9.17, 15) is 9.59 Å². The molecule has 2 amide bonds. The Balaban J connectivity index is 1.87. The van der Waals surface area contributed by atoms with Gasteiger partial charge in [0.25, 0.3) is 5.91 Å². The Kier molecular flexibility index (Phi) is 7.99. The lowest BCUT2D eigenvalue weighted by atomic mass is 10.00.